The maximum Gasteiger partial charge on any atom is 0.188 e. The molecule has 1 aromatic carbocycles. The Kier molecular flexibility index (Phi) is 1.77. The highest BCUT2D eigenvalue weighted by molar-refractivity contribution is 5.64. The average molecular weight is 171 g/mol. The number of nitriles is 1. The lowest BCUT2D eigenvalue weighted by Gasteiger charge is -1.95. The van der Waals surface area contributed by atoms with E-state index in [-0.39, 0.29) is 0 Å². The van der Waals surface area contributed by atoms with Gasteiger partial charge in [-0.3, -0.25) is 0 Å². The molecule has 0 aliphatic heterocycles. The van der Waals surface area contributed by atoms with Gasteiger partial charge in [0.25, 0.3) is 0 Å². The second kappa shape index (κ2) is 3.07. The normalized spacial score (nSPS) is 9.46. The summed E-state index contributed by atoms with van der Waals surface area (Å²) in [7, 11) is 0. The fraction of sp³-hybridized carbons (Fsp3) is 0. The van der Waals surface area contributed by atoms with Crippen molar-refractivity contribution >= 4 is 0 Å². The zero-order valence-electron chi connectivity index (χ0n) is 6.64. The van der Waals surface area contributed by atoms with Gasteiger partial charge in [0.2, 0.25) is 0 Å². The van der Waals surface area contributed by atoms with Crippen LogP contribution in [0.25, 0.3) is 11.3 Å². The number of rotatable bonds is 1. The Morgan fingerprint density at radius 2 is 2.15 bits per heavy atom. The fourth-order valence-corrected chi connectivity index (χ4v) is 1.08. The van der Waals surface area contributed by atoms with E-state index in [2.05, 4.69) is 16.4 Å². The van der Waals surface area contributed by atoms with E-state index in [0.29, 0.717) is 11.3 Å². The van der Waals surface area contributed by atoms with Crippen molar-refractivity contribution in [2.75, 3.05) is 0 Å². The third kappa shape index (κ3) is 1.27. The Hall–Kier alpha value is -2.15. The molecular weight excluding hydrogens is 166 g/mol. The number of hydrogen-bond acceptors (Lipinski definition) is 4. The van der Waals surface area contributed by atoms with Gasteiger partial charge in [-0.15, -0.1) is 5.10 Å². The molecule has 4 nitrogen and oxygen atoms in total. The Morgan fingerprint density at radius 1 is 1.31 bits per heavy atom. The van der Waals surface area contributed by atoms with Gasteiger partial charge in [-0.1, -0.05) is 12.1 Å². The first kappa shape index (κ1) is 7.50. The van der Waals surface area contributed by atoms with Gasteiger partial charge in [-0.2, -0.15) is 5.26 Å². The molecule has 0 spiro atoms. The van der Waals surface area contributed by atoms with E-state index in [9.17, 15) is 0 Å². The fourth-order valence-electron chi connectivity index (χ4n) is 1.08. The first-order valence-corrected chi connectivity index (χ1v) is 3.68. The molecule has 0 amide bonds. The molecular formula is C9H5N3O. The van der Waals surface area contributed by atoms with E-state index >= 15 is 0 Å². The summed E-state index contributed by atoms with van der Waals surface area (Å²) in [6.45, 7) is 0. The van der Waals surface area contributed by atoms with Crippen LogP contribution >= 0.6 is 0 Å². The Labute approximate surface area is 74.4 Å². The minimum absolute atomic E-state index is 0.511. The van der Waals surface area contributed by atoms with Crippen LogP contribution in [0.5, 0.6) is 0 Å². The molecule has 0 fully saturated rings. The smallest absolute Gasteiger partial charge is 0.188 e. The van der Waals surface area contributed by atoms with Crippen molar-refractivity contribution in [3.63, 3.8) is 0 Å². The highest BCUT2D eigenvalue weighted by Gasteiger charge is 2.06. The second-order valence-corrected chi connectivity index (χ2v) is 2.44. The predicted molar refractivity (Wildman–Crippen MR) is 44.4 cm³/mol. The average Bonchev–Trinajstić information content (AvgIpc) is 2.70. The maximum absolute atomic E-state index is 8.78. The van der Waals surface area contributed by atoms with Crippen LogP contribution in [-0.2, 0) is 0 Å². The lowest BCUT2D eigenvalue weighted by atomic mass is 10.1. The molecule has 0 atom stereocenters. The van der Waals surface area contributed by atoms with Crippen LogP contribution < -0.4 is 0 Å². The summed E-state index contributed by atoms with van der Waals surface area (Å²) >= 11 is 0. The van der Waals surface area contributed by atoms with Crippen molar-refractivity contribution in [3.05, 3.63) is 36.0 Å². The first-order chi connectivity index (χ1) is 6.42. The highest BCUT2D eigenvalue weighted by Crippen LogP contribution is 2.21. The Bertz CT molecular complexity index is 442. The van der Waals surface area contributed by atoms with Gasteiger partial charge in [0.1, 0.15) is 0 Å². The highest BCUT2D eigenvalue weighted by atomic mass is 16.5. The SMILES string of the molecule is N#Cc1ccccc1-c1cnno1. The van der Waals surface area contributed by atoms with Crippen LogP contribution in [0.15, 0.2) is 35.0 Å². The molecule has 0 aliphatic carbocycles. The van der Waals surface area contributed by atoms with Gasteiger partial charge in [0.05, 0.1) is 17.8 Å². The van der Waals surface area contributed by atoms with E-state index in [1.165, 1.54) is 6.20 Å². The molecule has 0 unspecified atom stereocenters. The van der Waals surface area contributed by atoms with Crippen LogP contribution in [0.1, 0.15) is 5.56 Å². The summed E-state index contributed by atoms with van der Waals surface area (Å²) in [5.74, 6) is 0.511. The molecule has 0 saturated carbocycles. The van der Waals surface area contributed by atoms with Crippen molar-refractivity contribution in [2.24, 2.45) is 0 Å². The van der Waals surface area contributed by atoms with E-state index in [0.717, 1.165) is 5.56 Å². The van der Waals surface area contributed by atoms with Gasteiger partial charge in [0.15, 0.2) is 5.76 Å². The molecule has 0 bridgehead atoms. The van der Waals surface area contributed by atoms with Crippen LogP contribution in [0, 0.1) is 11.3 Å². The van der Waals surface area contributed by atoms with E-state index < -0.39 is 0 Å². The van der Waals surface area contributed by atoms with Gasteiger partial charge in [0, 0.05) is 10.8 Å². The summed E-state index contributed by atoms with van der Waals surface area (Å²) < 4.78 is 4.85. The number of benzene rings is 1. The summed E-state index contributed by atoms with van der Waals surface area (Å²) in [4.78, 5) is 0. The lowest BCUT2D eigenvalue weighted by Crippen LogP contribution is -1.80. The van der Waals surface area contributed by atoms with E-state index in [1.54, 1.807) is 18.2 Å². The van der Waals surface area contributed by atoms with Gasteiger partial charge < -0.3 is 4.52 Å². The minimum atomic E-state index is 0.511. The third-order valence-corrected chi connectivity index (χ3v) is 1.67. The molecule has 2 aromatic rings. The van der Waals surface area contributed by atoms with Crippen molar-refractivity contribution in [1.29, 1.82) is 5.26 Å². The Balaban J connectivity index is 2.59. The zero-order valence-corrected chi connectivity index (χ0v) is 6.64. The summed E-state index contributed by atoms with van der Waals surface area (Å²) in [6.07, 6.45) is 1.48. The second-order valence-electron chi connectivity index (χ2n) is 2.44. The monoisotopic (exact) mass is 171 g/mol. The van der Waals surface area contributed by atoms with Crippen molar-refractivity contribution in [2.45, 2.75) is 0 Å². The van der Waals surface area contributed by atoms with Crippen molar-refractivity contribution in [3.8, 4) is 17.4 Å². The van der Waals surface area contributed by atoms with Crippen LogP contribution in [0.2, 0.25) is 0 Å². The molecule has 13 heavy (non-hydrogen) atoms. The zero-order chi connectivity index (χ0) is 9.10. The maximum atomic E-state index is 8.78. The van der Waals surface area contributed by atoms with Gasteiger partial charge in [-0.05, 0) is 12.1 Å². The van der Waals surface area contributed by atoms with Crippen LogP contribution in [0.4, 0.5) is 0 Å². The lowest BCUT2D eigenvalue weighted by molar-refractivity contribution is 0.403. The quantitative estimate of drug-likeness (QED) is 0.653. The summed E-state index contributed by atoms with van der Waals surface area (Å²) in [6, 6.07) is 9.21. The molecule has 1 heterocycles. The van der Waals surface area contributed by atoms with Crippen molar-refractivity contribution < 1.29 is 4.52 Å². The van der Waals surface area contributed by atoms with Crippen molar-refractivity contribution in [1.82, 2.24) is 10.4 Å². The van der Waals surface area contributed by atoms with Crippen LogP contribution in [0.3, 0.4) is 0 Å². The number of aromatic nitrogens is 2. The first-order valence-electron chi connectivity index (χ1n) is 3.68. The minimum Gasteiger partial charge on any atom is -0.337 e. The third-order valence-electron chi connectivity index (χ3n) is 1.67. The molecule has 2 rings (SSSR count). The molecule has 1 aromatic heterocycles. The number of nitrogens with zero attached hydrogens (tertiary/aromatic N) is 3. The van der Waals surface area contributed by atoms with Crippen LogP contribution in [-0.4, -0.2) is 10.4 Å². The molecule has 0 N–H and O–H groups in total. The standard InChI is InChI=1S/C9H5N3O/c10-5-7-3-1-2-4-8(7)9-6-11-12-13-9/h1-4,6H. The predicted octanol–water partition coefficient (Wildman–Crippen LogP) is 1.61. The Morgan fingerprint density at radius 3 is 2.85 bits per heavy atom. The van der Waals surface area contributed by atoms with E-state index in [4.69, 9.17) is 9.78 Å². The van der Waals surface area contributed by atoms with Gasteiger partial charge in [-0.25, -0.2) is 0 Å². The van der Waals surface area contributed by atoms with Gasteiger partial charge >= 0.3 is 0 Å². The largest absolute Gasteiger partial charge is 0.337 e. The molecule has 0 aliphatic rings. The molecule has 62 valence electrons. The summed E-state index contributed by atoms with van der Waals surface area (Å²) in [5, 5.41) is 15.7. The number of hydrogen-bond donors (Lipinski definition) is 0. The topological polar surface area (TPSA) is 62.7 Å². The molecule has 0 saturated heterocycles. The van der Waals surface area contributed by atoms with E-state index in [1.807, 2.05) is 6.07 Å². The molecule has 4 heteroatoms. The molecule has 0 radical (unpaired) electrons. The summed E-state index contributed by atoms with van der Waals surface area (Å²) in [5.41, 5.74) is 1.27.